The van der Waals surface area contributed by atoms with Gasteiger partial charge in [0.15, 0.2) is 6.10 Å². The molecule has 1 aromatic heterocycles. The number of nitrogens with one attached hydrogen (secondary N) is 1. The van der Waals surface area contributed by atoms with E-state index in [0.717, 1.165) is 0 Å². The molecule has 0 aliphatic carbocycles. The van der Waals surface area contributed by atoms with Gasteiger partial charge in [0.2, 0.25) is 0 Å². The van der Waals surface area contributed by atoms with E-state index in [-0.39, 0.29) is 12.5 Å². The van der Waals surface area contributed by atoms with E-state index in [9.17, 15) is 9.59 Å². The molecule has 0 saturated heterocycles. The largest absolute Gasteiger partial charge is 0.479 e. The minimum atomic E-state index is -1.12. The molecule has 0 aliphatic rings. The van der Waals surface area contributed by atoms with E-state index in [1.807, 2.05) is 0 Å². The Labute approximate surface area is 92.0 Å². The van der Waals surface area contributed by atoms with E-state index < -0.39 is 12.1 Å². The van der Waals surface area contributed by atoms with Crippen molar-refractivity contribution in [3.05, 3.63) is 18.2 Å². The number of amides is 1. The highest BCUT2D eigenvalue weighted by Gasteiger charge is 2.18. The van der Waals surface area contributed by atoms with Crippen LogP contribution in [0.3, 0.4) is 0 Å². The SMILES string of the molecule is COC(CNC(=O)c1cncn1C)C(=O)O. The monoisotopic (exact) mass is 227 g/mol. The second-order valence-corrected chi connectivity index (χ2v) is 3.16. The molecule has 7 nitrogen and oxygen atoms in total. The van der Waals surface area contributed by atoms with Crippen LogP contribution in [0.25, 0.3) is 0 Å². The van der Waals surface area contributed by atoms with Gasteiger partial charge in [0, 0.05) is 14.2 Å². The first-order chi connectivity index (χ1) is 7.56. The predicted molar refractivity (Wildman–Crippen MR) is 54.0 cm³/mol. The standard InChI is InChI=1S/C9H13N3O4/c1-12-5-10-3-6(12)8(13)11-4-7(16-2)9(14)15/h3,5,7H,4H2,1-2H3,(H,11,13)(H,14,15). The molecule has 0 bridgehead atoms. The van der Waals surface area contributed by atoms with E-state index in [1.54, 1.807) is 7.05 Å². The highest BCUT2D eigenvalue weighted by Crippen LogP contribution is 1.96. The van der Waals surface area contributed by atoms with Gasteiger partial charge in [-0.05, 0) is 0 Å². The van der Waals surface area contributed by atoms with Gasteiger partial charge in [-0.25, -0.2) is 9.78 Å². The van der Waals surface area contributed by atoms with Crippen LogP contribution in [0, 0.1) is 0 Å². The maximum atomic E-state index is 11.5. The first-order valence-electron chi connectivity index (χ1n) is 4.56. The zero-order chi connectivity index (χ0) is 12.1. The van der Waals surface area contributed by atoms with Crippen LogP contribution >= 0.6 is 0 Å². The number of nitrogens with zero attached hydrogens (tertiary/aromatic N) is 2. The van der Waals surface area contributed by atoms with Gasteiger partial charge in [0.25, 0.3) is 5.91 Å². The van der Waals surface area contributed by atoms with E-state index >= 15 is 0 Å². The van der Waals surface area contributed by atoms with Gasteiger partial charge in [0.05, 0.1) is 19.1 Å². The van der Waals surface area contributed by atoms with Crippen molar-refractivity contribution in [3.8, 4) is 0 Å². The molecule has 1 aromatic rings. The first-order valence-corrected chi connectivity index (χ1v) is 4.56. The molecular formula is C9H13N3O4. The Balaban J connectivity index is 2.53. The molecule has 0 aromatic carbocycles. The summed E-state index contributed by atoms with van der Waals surface area (Å²) in [7, 11) is 2.95. The molecule has 1 unspecified atom stereocenters. The van der Waals surface area contributed by atoms with Crippen LogP contribution in [0.5, 0.6) is 0 Å². The lowest BCUT2D eigenvalue weighted by Crippen LogP contribution is -2.38. The number of carboxylic acids is 1. The fourth-order valence-electron chi connectivity index (χ4n) is 1.12. The number of methoxy groups -OCH3 is 1. The molecule has 88 valence electrons. The normalized spacial score (nSPS) is 12.1. The Hall–Kier alpha value is -1.89. The number of imidazole rings is 1. The Kier molecular flexibility index (Phi) is 4.01. The Morgan fingerprint density at radius 3 is 2.81 bits per heavy atom. The van der Waals surface area contributed by atoms with Crippen molar-refractivity contribution >= 4 is 11.9 Å². The fraction of sp³-hybridized carbons (Fsp3) is 0.444. The van der Waals surface area contributed by atoms with Gasteiger partial charge >= 0.3 is 5.97 Å². The van der Waals surface area contributed by atoms with Gasteiger partial charge in [-0.3, -0.25) is 4.79 Å². The number of carbonyl (C=O) groups is 2. The van der Waals surface area contributed by atoms with Crippen molar-refractivity contribution in [2.75, 3.05) is 13.7 Å². The maximum Gasteiger partial charge on any atom is 0.334 e. The molecule has 1 amide bonds. The van der Waals surface area contributed by atoms with E-state index in [0.29, 0.717) is 5.69 Å². The number of hydrogen-bond donors (Lipinski definition) is 2. The number of carboxylic acid groups (broad SMARTS) is 1. The van der Waals surface area contributed by atoms with Crippen LogP contribution in [0.15, 0.2) is 12.5 Å². The lowest BCUT2D eigenvalue weighted by atomic mass is 10.3. The van der Waals surface area contributed by atoms with E-state index in [1.165, 1.54) is 24.2 Å². The minimum Gasteiger partial charge on any atom is -0.479 e. The van der Waals surface area contributed by atoms with Gasteiger partial charge in [-0.2, -0.15) is 0 Å². The third-order valence-corrected chi connectivity index (χ3v) is 2.06. The number of carbonyl (C=O) groups excluding carboxylic acids is 1. The molecule has 0 radical (unpaired) electrons. The second kappa shape index (κ2) is 5.26. The summed E-state index contributed by atoms with van der Waals surface area (Å²) >= 11 is 0. The van der Waals surface area contributed by atoms with Crippen molar-refractivity contribution in [2.45, 2.75) is 6.10 Å². The molecule has 2 N–H and O–H groups in total. The highest BCUT2D eigenvalue weighted by atomic mass is 16.5. The topological polar surface area (TPSA) is 93.5 Å². The number of rotatable bonds is 5. The maximum absolute atomic E-state index is 11.5. The van der Waals surface area contributed by atoms with Crippen LogP contribution in [0.1, 0.15) is 10.5 Å². The number of aliphatic carboxylic acids is 1. The fourth-order valence-corrected chi connectivity index (χ4v) is 1.12. The van der Waals surface area contributed by atoms with Crippen molar-refractivity contribution < 1.29 is 19.4 Å². The highest BCUT2D eigenvalue weighted by molar-refractivity contribution is 5.92. The summed E-state index contributed by atoms with van der Waals surface area (Å²) in [5.74, 6) is -1.50. The molecule has 16 heavy (non-hydrogen) atoms. The third-order valence-electron chi connectivity index (χ3n) is 2.06. The summed E-state index contributed by atoms with van der Waals surface area (Å²) in [6.07, 6.45) is 1.84. The van der Waals surface area contributed by atoms with Gasteiger partial charge in [-0.15, -0.1) is 0 Å². The van der Waals surface area contributed by atoms with Crippen LogP contribution in [-0.4, -0.2) is 46.3 Å². The number of aromatic nitrogens is 2. The molecule has 0 spiro atoms. The van der Waals surface area contributed by atoms with Gasteiger partial charge in [0.1, 0.15) is 5.69 Å². The third kappa shape index (κ3) is 2.80. The summed E-state index contributed by atoms with van der Waals surface area (Å²) in [5.41, 5.74) is 0.361. The second-order valence-electron chi connectivity index (χ2n) is 3.16. The van der Waals surface area contributed by atoms with Crippen LogP contribution < -0.4 is 5.32 Å². The molecule has 0 fully saturated rings. The van der Waals surface area contributed by atoms with Gasteiger partial charge < -0.3 is 19.7 Å². The molecule has 0 aliphatic heterocycles. The van der Waals surface area contributed by atoms with Crippen molar-refractivity contribution in [1.29, 1.82) is 0 Å². The smallest absolute Gasteiger partial charge is 0.334 e. The first kappa shape index (κ1) is 12.2. The summed E-state index contributed by atoms with van der Waals surface area (Å²) in [6, 6.07) is 0. The lowest BCUT2D eigenvalue weighted by Gasteiger charge is -2.11. The quantitative estimate of drug-likeness (QED) is 0.690. The van der Waals surface area contributed by atoms with E-state index in [4.69, 9.17) is 5.11 Å². The molecule has 1 rings (SSSR count). The predicted octanol–water partition coefficient (Wildman–Crippen LogP) is -0.750. The van der Waals surface area contributed by atoms with Crippen LogP contribution in [-0.2, 0) is 16.6 Å². The van der Waals surface area contributed by atoms with Crippen LogP contribution in [0.4, 0.5) is 0 Å². The Bertz CT molecular complexity index is 388. The summed E-state index contributed by atoms with van der Waals surface area (Å²) in [5, 5.41) is 11.1. The van der Waals surface area contributed by atoms with E-state index in [2.05, 4.69) is 15.0 Å². The average Bonchev–Trinajstić information content (AvgIpc) is 2.64. The molecule has 1 atom stereocenters. The number of hydrogen-bond acceptors (Lipinski definition) is 4. The van der Waals surface area contributed by atoms with Crippen molar-refractivity contribution in [2.24, 2.45) is 7.05 Å². The van der Waals surface area contributed by atoms with Gasteiger partial charge in [-0.1, -0.05) is 0 Å². The Morgan fingerprint density at radius 1 is 1.69 bits per heavy atom. The van der Waals surface area contributed by atoms with Crippen LogP contribution in [0.2, 0.25) is 0 Å². The molecule has 0 saturated carbocycles. The zero-order valence-corrected chi connectivity index (χ0v) is 9.01. The molecule has 7 heteroatoms. The summed E-state index contributed by atoms with van der Waals surface area (Å²) < 4.78 is 6.21. The molecule has 1 heterocycles. The minimum absolute atomic E-state index is 0.0875. The Morgan fingerprint density at radius 2 is 2.38 bits per heavy atom. The van der Waals surface area contributed by atoms with Crippen molar-refractivity contribution in [3.63, 3.8) is 0 Å². The summed E-state index contributed by atoms with van der Waals surface area (Å²) in [6.45, 7) is -0.0875. The summed E-state index contributed by atoms with van der Waals surface area (Å²) in [4.78, 5) is 25.9. The van der Waals surface area contributed by atoms with Crippen molar-refractivity contribution in [1.82, 2.24) is 14.9 Å². The average molecular weight is 227 g/mol. The lowest BCUT2D eigenvalue weighted by molar-refractivity contribution is -0.148. The molecular weight excluding hydrogens is 214 g/mol. The number of aryl methyl sites for hydroxylation is 1. The zero-order valence-electron chi connectivity index (χ0n) is 9.01. The number of ether oxygens (including phenoxy) is 1.